The number of benzene rings is 2. The number of hydrogen-bond acceptors (Lipinski definition) is 6. The molecule has 1 amide bonds. The molecule has 0 saturated heterocycles. The van der Waals surface area contributed by atoms with Crippen molar-refractivity contribution in [2.24, 2.45) is 0 Å². The molecule has 0 radical (unpaired) electrons. The summed E-state index contributed by atoms with van der Waals surface area (Å²) in [6, 6.07) is 8.05. The van der Waals surface area contributed by atoms with E-state index in [0.717, 1.165) is 6.08 Å². The zero-order valence-corrected chi connectivity index (χ0v) is 15.1. The average molecular weight is 388 g/mol. The van der Waals surface area contributed by atoms with Crippen LogP contribution in [0.25, 0.3) is 6.08 Å². The fourth-order valence-corrected chi connectivity index (χ4v) is 2.22. The number of rotatable bonds is 7. The maximum atomic E-state index is 12.8. The second kappa shape index (κ2) is 9.26. The number of esters is 1. The van der Waals surface area contributed by atoms with E-state index in [1.807, 2.05) is 0 Å². The highest BCUT2D eigenvalue weighted by atomic mass is 19.1. The predicted octanol–water partition coefficient (Wildman–Crippen LogP) is 3.25. The van der Waals surface area contributed by atoms with E-state index in [-0.39, 0.29) is 11.4 Å². The van der Waals surface area contributed by atoms with Gasteiger partial charge in [-0.3, -0.25) is 14.9 Å². The van der Waals surface area contributed by atoms with E-state index in [4.69, 9.17) is 9.47 Å². The summed E-state index contributed by atoms with van der Waals surface area (Å²) in [5, 5.41) is 13.5. The van der Waals surface area contributed by atoms with Crippen LogP contribution in [0, 0.1) is 22.9 Å². The molecule has 0 spiro atoms. The fraction of sp³-hybridized carbons (Fsp3) is 0.158. The minimum Gasteiger partial charge on any atom is -0.490 e. The molecule has 0 atom stereocenters. The van der Waals surface area contributed by atoms with Crippen LogP contribution in [0.2, 0.25) is 0 Å². The zero-order valence-electron chi connectivity index (χ0n) is 15.1. The van der Waals surface area contributed by atoms with Crippen LogP contribution < -0.4 is 10.1 Å². The Morgan fingerprint density at radius 3 is 2.54 bits per heavy atom. The molecule has 0 fully saturated rings. The van der Waals surface area contributed by atoms with Crippen molar-refractivity contribution >= 4 is 29.3 Å². The molecule has 0 aliphatic carbocycles. The summed E-state index contributed by atoms with van der Waals surface area (Å²) in [6.07, 6.45) is 2.53. The van der Waals surface area contributed by atoms with Crippen molar-refractivity contribution in [3.8, 4) is 5.75 Å². The summed E-state index contributed by atoms with van der Waals surface area (Å²) in [4.78, 5) is 34.0. The van der Waals surface area contributed by atoms with Crippen LogP contribution in [0.1, 0.15) is 11.1 Å². The Bertz CT molecular complexity index is 925. The molecule has 0 unspecified atom stereocenters. The van der Waals surface area contributed by atoms with E-state index >= 15 is 0 Å². The number of nitrogens with zero attached hydrogens (tertiary/aromatic N) is 1. The molecule has 1 N–H and O–H groups in total. The molecule has 28 heavy (non-hydrogen) atoms. The second-order valence-electron chi connectivity index (χ2n) is 5.64. The molecule has 8 nitrogen and oxygen atoms in total. The average Bonchev–Trinajstić information content (AvgIpc) is 2.67. The summed E-state index contributed by atoms with van der Waals surface area (Å²) >= 11 is 0. The van der Waals surface area contributed by atoms with Crippen LogP contribution in [0.15, 0.2) is 42.5 Å². The quantitative estimate of drug-likeness (QED) is 0.338. The molecule has 146 valence electrons. The highest BCUT2D eigenvalue weighted by molar-refractivity contribution is 5.95. The lowest BCUT2D eigenvalue weighted by Crippen LogP contribution is -2.20. The number of methoxy groups -OCH3 is 1. The Labute approximate surface area is 159 Å². The molecule has 2 aromatic carbocycles. The van der Waals surface area contributed by atoms with E-state index in [1.54, 1.807) is 6.92 Å². The number of carbonyl (C=O) groups is 2. The van der Waals surface area contributed by atoms with Gasteiger partial charge >= 0.3 is 11.7 Å². The van der Waals surface area contributed by atoms with Gasteiger partial charge in [0.1, 0.15) is 5.82 Å². The van der Waals surface area contributed by atoms with E-state index in [2.05, 4.69) is 5.32 Å². The lowest BCUT2D eigenvalue weighted by molar-refractivity contribution is -0.385. The Balaban J connectivity index is 1.94. The standard InChI is InChI=1S/C19H17FN2O6/c1-12-9-16(22(25)26)17(27-2)10-15(12)21-18(23)11-28-19(24)8-5-13-3-6-14(20)7-4-13/h3-10H,11H2,1-2H3,(H,21,23)/b8-5+. The number of hydrogen-bond donors (Lipinski definition) is 1. The van der Waals surface area contributed by atoms with Crippen molar-refractivity contribution in [1.82, 2.24) is 0 Å². The summed E-state index contributed by atoms with van der Waals surface area (Å²) < 4.78 is 22.6. The molecule has 2 aromatic rings. The molecule has 0 bridgehead atoms. The largest absolute Gasteiger partial charge is 0.490 e. The Morgan fingerprint density at radius 2 is 1.93 bits per heavy atom. The van der Waals surface area contributed by atoms with Gasteiger partial charge in [-0.25, -0.2) is 9.18 Å². The van der Waals surface area contributed by atoms with Crippen LogP contribution in [0.5, 0.6) is 5.75 Å². The van der Waals surface area contributed by atoms with Gasteiger partial charge in [-0.05, 0) is 36.3 Å². The SMILES string of the molecule is COc1cc(NC(=O)COC(=O)/C=C/c2ccc(F)cc2)c(C)cc1[N+](=O)[O-]. The highest BCUT2D eigenvalue weighted by Crippen LogP contribution is 2.32. The third-order valence-electron chi connectivity index (χ3n) is 3.62. The first-order chi connectivity index (χ1) is 13.3. The minimum absolute atomic E-state index is 0.00914. The van der Waals surface area contributed by atoms with E-state index < -0.39 is 29.2 Å². The van der Waals surface area contributed by atoms with Gasteiger partial charge in [0.15, 0.2) is 12.4 Å². The topological polar surface area (TPSA) is 108 Å². The molecule has 0 saturated carbocycles. The molecule has 0 aromatic heterocycles. The maximum absolute atomic E-state index is 12.8. The van der Waals surface area contributed by atoms with Crippen LogP contribution >= 0.6 is 0 Å². The Morgan fingerprint density at radius 1 is 1.25 bits per heavy atom. The first-order valence-electron chi connectivity index (χ1n) is 8.03. The lowest BCUT2D eigenvalue weighted by atomic mass is 10.1. The first-order valence-corrected chi connectivity index (χ1v) is 8.03. The van der Waals surface area contributed by atoms with Gasteiger partial charge in [0, 0.05) is 23.9 Å². The molecular formula is C19H17FN2O6. The third-order valence-corrected chi connectivity index (χ3v) is 3.62. The maximum Gasteiger partial charge on any atom is 0.331 e. The van der Waals surface area contributed by atoms with Gasteiger partial charge in [-0.1, -0.05) is 12.1 Å². The van der Waals surface area contributed by atoms with Gasteiger partial charge in [0.05, 0.1) is 12.0 Å². The van der Waals surface area contributed by atoms with Crippen molar-refractivity contribution in [2.75, 3.05) is 19.0 Å². The minimum atomic E-state index is -0.752. The number of ether oxygens (including phenoxy) is 2. The summed E-state index contributed by atoms with van der Waals surface area (Å²) in [5.41, 5.74) is 1.11. The number of nitro benzene ring substituents is 1. The Kier molecular flexibility index (Phi) is 6.80. The van der Waals surface area contributed by atoms with E-state index in [9.17, 15) is 24.1 Å². The van der Waals surface area contributed by atoms with Gasteiger partial charge < -0.3 is 14.8 Å². The number of amides is 1. The van der Waals surface area contributed by atoms with Crippen LogP contribution in [-0.2, 0) is 14.3 Å². The number of halogens is 1. The molecule has 9 heteroatoms. The van der Waals surface area contributed by atoms with Crippen molar-refractivity contribution in [3.05, 3.63) is 69.5 Å². The number of nitrogens with one attached hydrogen (secondary N) is 1. The fourth-order valence-electron chi connectivity index (χ4n) is 2.22. The highest BCUT2D eigenvalue weighted by Gasteiger charge is 2.18. The Hall–Kier alpha value is -3.75. The van der Waals surface area contributed by atoms with Crippen molar-refractivity contribution in [3.63, 3.8) is 0 Å². The van der Waals surface area contributed by atoms with Crippen molar-refractivity contribution in [2.45, 2.75) is 6.92 Å². The van der Waals surface area contributed by atoms with E-state index in [1.165, 1.54) is 49.6 Å². The summed E-state index contributed by atoms with van der Waals surface area (Å²) in [6.45, 7) is 1.03. The summed E-state index contributed by atoms with van der Waals surface area (Å²) in [7, 11) is 1.28. The number of carbonyl (C=O) groups excluding carboxylic acids is 2. The first kappa shape index (κ1) is 20.6. The van der Waals surface area contributed by atoms with Gasteiger partial charge in [-0.15, -0.1) is 0 Å². The number of anilines is 1. The lowest BCUT2D eigenvalue weighted by Gasteiger charge is -2.10. The zero-order chi connectivity index (χ0) is 20.7. The van der Waals surface area contributed by atoms with Crippen LogP contribution in [0.3, 0.4) is 0 Å². The van der Waals surface area contributed by atoms with E-state index in [0.29, 0.717) is 16.8 Å². The molecular weight excluding hydrogens is 371 g/mol. The number of nitro groups is 1. The van der Waals surface area contributed by atoms with Gasteiger partial charge in [0.25, 0.3) is 5.91 Å². The second-order valence-corrected chi connectivity index (χ2v) is 5.64. The smallest absolute Gasteiger partial charge is 0.331 e. The van der Waals surface area contributed by atoms with Gasteiger partial charge in [-0.2, -0.15) is 0 Å². The monoisotopic (exact) mass is 388 g/mol. The summed E-state index contributed by atoms with van der Waals surface area (Å²) in [5.74, 6) is -1.78. The van der Waals surface area contributed by atoms with Crippen LogP contribution in [0.4, 0.5) is 15.8 Å². The number of aryl methyl sites for hydroxylation is 1. The third kappa shape index (κ3) is 5.63. The molecule has 0 aliphatic heterocycles. The molecule has 0 heterocycles. The normalized spacial score (nSPS) is 10.5. The van der Waals surface area contributed by atoms with Crippen LogP contribution in [-0.4, -0.2) is 30.5 Å². The van der Waals surface area contributed by atoms with Gasteiger partial charge in [0.2, 0.25) is 0 Å². The van der Waals surface area contributed by atoms with Crippen molar-refractivity contribution < 1.29 is 28.4 Å². The molecule has 2 rings (SSSR count). The van der Waals surface area contributed by atoms with Crippen molar-refractivity contribution in [1.29, 1.82) is 0 Å². The predicted molar refractivity (Wildman–Crippen MR) is 99.4 cm³/mol. The molecule has 0 aliphatic rings.